The second-order valence-corrected chi connectivity index (χ2v) is 9.99. The highest BCUT2D eigenvalue weighted by Crippen LogP contribution is 2.29. The second-order valence-electron chi connectivity index (χ2n) is 9.99. The van der Waals surface area contributed by atoms with Crippen molar-refractivity contribution in [1.29, 1.82) is 0 Å². The highest BCUT2D eigenvalue weighted by atomic mass is 16.5. The fraction of sp³-hybridized carbons (Fsp3) is 0.500. The number of benzene rings is 2. The van der Waals surface area contributed by atoms with Crippen LogP contribution >= 0.6 is 0 Å². The van der Waals surface area contributed by atoms with E-state index in [9.17, 15) is 14.7 Å². The molecule has 0 aromatic heterocycles. The zero-order chi connectivity index (χ0) is 24.2. The minimum absolute atomic E-state index is 0.00505. The van der Waals surface area contributed by atoms with Crippen molar-refractivity contribution in [1.82, 2.24) is 10.2 Å². The zero-order valence-corrected chi connectivity index (χ0v) is 20.0. The minimum atomic E-state index is -0.727. The van der Waals surface area contributed by atoms with Crippen LogP contribution in [0.1, 0.15) is 36.0 Å². The minimum Gasteiger partial charge on any atom is -0.389 e. The molecule has 2 amide bonds. The van der Waals surface area contributed by atoms with Gasteiger partial charge in [0.25, 0.3) is 0 Å². The summed E-state index contributed by atoms with van der Waals surface area (Å²) in [6.07, 6.45) is 2.47. The molecular weight excluding hydrogens is 444 g/mol. The fourth-order valence-electron chi connectivity index (χ4n) is 5.65. The molecule has 35 heavy (non-hydrogen) atoms. The lowest BCUT2D eigenvalue weighted by Gasteiger charge is -2.44. The molecule has 2 aromatic rings. The Labute approximate surface area is 206 Å². The monoisotopic (exact) mass is 478 g/mol. The lowest BCUT2D eigenvalue weighted by molar-refractivity contribution is -0.169. The number of fused-ring (bicyclic) bond motifs is 2. The van der Waals surface area contributed by atoms with Gasteiger partial charge in [-0.15, -0.1) is 0 Å². The van der Waals surface area contributed by atoms with E-state index in [4.69, 9.17) is 9.47 Å². The second kappa shape index (κ2) is 10.9. The van der Waals surface area contributed by atoms with E-state index in [1.54, 1.807) is 4.90 Å². The van der Waals surface area contributed by atoms with E-state index in [1.807, 2.05) is 42.5 Å². The molecule has 1 aliphatic carbocycles. The van der Waals surface area contributed by atoms with Crippen LogP contribution in [0.3, 0.4) is 0 Å². The number of rotatable bonds is 5. The fourth-order valence-corrected chi connectivity index (χ4v) is 5.65. The molecule has 4 atom stereocenters. The summed E-state index contributed by atoms with van der Waals surface area (Å²) in [6, 6.07) is 17.9. The first-order valence-corrected chi connectivity index (χ1v) is 12.7. The van der Waals surface area contributed by atoms with Crippen molar-refractivity contribution in [2.24, 2.45) is 0 Å². The third-order valence-corrected chi connectivity index (χ3v) is 7.33. The number of carbonyl (C=O) groups is 2. The van der Waals surface area contributed by atoms with E-state index in [-0.39, 0.29) is 55.7 Å². The standard InChI is InChI=1S/C28H34N2O5/c31-23-16-30(28(33)12-19-6-2-1-3-7-19)25-11-10-24(35-26(25)18-34-17-23)15-27(32)29-22-13-20-8-4-5-9-21(20)14-22/h1-9,22-26,31H,10-18H2,(H,29,32)/t23-,24+,25+,26-/m0/s1. The Morgan fingerprint density at radius 3 is 2.43 bits per heavy atom. The smallest absolute Gasteiger partial charge is 0.227 e. The van der Waals surface area contributed by atoms with E-state index < -0.39 is 6.10 Å². The molecule has 2 aromatic carbocycles. The first kappa shape index (κ1) is 24.0. The Kier molecular flexibility index (Phi) is 7.46. The molecule has 0 saturated carbocycles. The van der Waals surface area contributed by atoms with Crippen molar-refractivity contribution in [3.8, 4) is 0 Å². The quantitative estimate of drug-likeness (QED) is 0.687. The number of hydrogen-bond acceptors (Lipinski definition) is 5. The predicted molar refractivity (Wildman–Crippen MR) is 131 cm³/mol. The number of aliphatic hydroxyl groups excluding tert-OH is 1. The highest BCUT2D eigenvalue weighted by Gasteiger charge is 2.40. The first-order valence-electron chi connectivity index (χ1n) is 12.7. The predicted octanol–water partition coefficient (Wildman–Crippen LogP) is 2.04. The summed E-state index contributed by atoms with van der Waals surface area (Å²) in [7, 11) is 0. The van der Waals surface area contributed by atoms with Gasteiger partial charge in [-0.2, -0.15) is 0 Å². The number of aliphatic hydroxyl groups is 1. The maximum absolute atomic E-state index is 13.2. The normalized spacial score (nSPS) is 26.8. The number of nitrogens with zero attached hydrogens (tertiary/aromatic N) is 1. The summed E-state index contributed by atoms with van der Waals surface area (Å²) in [5.41, 5.74) is 3.56. The summed E-state index contributed by atoms with van der Waals surface area (Å²) in [4.78, 5) is 27.8. The molecule has 0 spiro atoms. The lowest BCUT2D eigenvalue weighted by atomic mass is 9.94. The molecule has 2 saturated heterocycles. The van der Waals surface area contributed by atoms with Crippen LogP contribution in [-0.4, -0.2) is 72.0 Å². The Morgan fingerprint density at radius 1 is 0.971 bits per heavy atom. The maximum Gasteiger partial charge on any atom is 0.227 e. The summed E-state index contributed by atoms with van der Waals surface area (Å²) in [6.45, 7) is 0.686. The number of ether oxygens (including phenoxy) is 2. The van der Waals surface area contributed by atoms with Crippen molar-refractivity contribution < 1.29 is 24.2 Å². The van der Waals surface area contributed by atoms with Crippen LogP contribution in [0.5, 0.6) is 0 Å². The first-order chi connectivity index (χ1) is 17.0. The van der Waals surface area contributed by atoms with Crippen LogP contribution in [-0.2, 0) is 38.3 Å². The highest BCUT2D eigenvalue weighted by molar-refractivity contribution is 5.79. The average molecular weight is 479 g/mol. The molecule has 2 fully saturated rings. The summed E-state index contributed by atoms with van der Waals surface area (Å²) in [5, 5.41) is 13.5. The number of amides is 2. The lowest BCUT2D eigenvalue weighted by Crippen LogP contribution is -2.58. The van der Waals surface area contributed by atoms with Crippen LogP contribution < -0.4 is 5.32 Å². The van der Waals surface area contributed by atoms with Crippen molar-refractivity contribution in [3.05, 3.63) is 71.3 Å². The molecule has 7 nitrogen and oxygen atoms in total. The van der Waals surface area contributed by atoms with Crippen molar-refractivity contribution in [2.75, 3.05) is 19.8 Å². The van der Waals surface area contributed by atoms with Gasteiger partial charge in [-0.05, 0) is 42.4 Å². The van der Waals surface area contributed by atoms with Gasteiger partial charge in [-0.25, -0.2) is 0 Å². The topological polar surface area (TPSA) is 88.1 Å². The van der Waals surface area contributed by atoms with Crippen LogP contribution in [0.15, 0.2) is 54.6 Å². The van der Waals surface area contributed by atoms with Gasteiger partial charge in [0.1, 0.15) is 6.10 Å². The van der Waals surface area contributed by atoms with Gasteiger partial charge < -0.3 is 24.8 Å². The third kappa shape index (κ3) is 5.92. The van der Waals surface area contributed by atoms with Crippen LogP contribution in [0.25, 0.3) is 0 Å². The Morgan fingerprint density at radius 2 is 1.69 bits per heavy atom. The van der Waals surface area contributed by atoms with Gasteiger partial charge in [-0.1, -0.05) is 54.6 Å². The Bertz CT molecular complexity index is 1000. The molecule has 5 rings (SSSR count). The number of nitrogens with one attached hydrogen (secondary N) is 1. The van der Waals surface area contributed by atoms with E-state index in [0.29, 0.717) is 25.9 Å². The van der Waals surface area contributed by atoms with Gasteiger partial charge in [0.2, 0.25) is 11.8 Å². The van der Waals surface area contributed by atoms with E-state index in [0.717, 1.165) is 18.4 Å². The molecular formula is C28H34N2O5. The number of carbonyl (C=O) groups excluding carboxylic acids is 2. The van der Waals surface area contributed by atoms with Crippen molar-refractivity contribution in [2.45, 2.75) is 68.9 Å². The van der Waals surface area contributed by atoms with E-state index in [1.165, 1.54) is 11.1 Å². The molecule has 0 unspecified atom stereocenters. The molecule has 2 aliphatic heterocycles. The molecule has 0 bridgehead atoms. The zero-order valence-electron chi connectivity index (χ0n) is 20.0. The van der Waals surface area contributed by atoms with Crippen LogP contribution in [0, 0.1) is 0 Å². The van der Waals surface area contributed by atoms with Gasteiger partial charge in [-0.3, -0.25) is 9.59 Å². The number of hydrogen-bond donors (Lipinski definition) is 2. The van der Waals surface area contributed by atoms with Gasteiger partial charge >= 0.3 is 0 Å². The van der Waals surface area contributed by atoms with Crippen LogP contribution in [0.4, 0.5) is 0 Å². The number of β-amino-alcohol motifs (C(OH)–C–C–N with tert-alkyl or cyclic N) is 1. The summed E-state index contributed by atoms with van der Waals surface area (Å²) < 4.78 is 12.0. The average Bonchev–Trinajstić information content (AvgIpc) is 3.24. The van der Waals surface area contributed by atoms with Gasteiger partial charge in [0, 0.05) is 12.6 Å². The molecule has 3 aliphatic rings. The maximum atomic E-state index is 13.2. The van der Waals surface area contributed by atoms with Crippen LogP contribution in [0.2, 0.25) is 0 Å². The van der Waals surface area contributed by atoms with E-state index >= 15 is 0 Å². The Balaban J connectivity index is 1.18. The molecule has 7 heteroatoms. The van der Waals surface area contributed by atoms with Gasteiger partial charge in [0.15, 0.2) is 0 Å². The third-order valence-electron chi connectivity index (χ3n) is 7.33. The van der Waals surface area contributed by atoms with Crippen molar-refractivity contribution in [3.63, 3.8) is 0 Å². The van der Waals surface area contributed by atoms with Crippen molar-refractivity contribution >= 4 is 11.8 Å². The van der Waals surface area contributed by atoms with E-state index in [2.05, 4.69) is 17.4 Å². The largest absolute Gasteiger partial charge is 0.389 e. The summed E-state index contributed by atoms with van der Waals surface area (Å²) in [5.74, 6) is -0.0156. The Hall–Kier alpha value is -2.74. The molecule has 2 heterocycles. The van der Waals surface area contributed by atoms with Gasteiger partial charge in [0.05, 0.1) is 44.3 Å². The summed E-state index contributed by atoms with van der Waals surface area (Å²) >= 11 is 0. The molecule has 2 N–H and O–H groups in total. The molecule has 186 valence electrons. The SMILES string of the molecule is O=C(C[C@H]1CC[C@@H]2[C@H](COC[C@@H](O)CN2C(=O)Cc2ccccc2)O1)NC1Cc2ccccc2C1. The molecule has 0 radical (unpaired) electrons.